The molecule has 1 aliphatic heterocycles. The fourth-order valence-corrected chi connectivity index (χ4v) is 4.54. The minimum atomic E-state index is -0.905. The minimum absolute atomic E-state index is 0.0331. The van der Waals surface area contributed by atoms with Crippen LogP contribution >= 0.6 is 0 Å². The number of aromatic hydroxyl groups is 1. The van der Waals surface area contributed by atoms with E-state index < -0.39 is 17.3 Å². The van der Waals surface area contributed by atoms with Gasteiger partial charge in [0.2, 0.25) is 0 Å². The van der Waals surface area contributed by atoms with E-state index in [0.717, 1.165) is 34.4 Å². The number of carbonyl (C=O) groups excluding carboxylic acids is 2. The van der Waals surface area contributed by atoms with Crippen molar-refractivity contribution in [3.8, 4) is 11.5 Å². The van der Waals surface area contributed by atoms with Crippen molar-refractivity contribution in [3.05, 3.63) is 46.6 Å². The van der Waals surface area contributed by atoms with Gasteiger partial charge >= 0.3 is 0 Å². The predicted octanol–water partition coefficient (Wildman–Crippen LogP) is 5.16. The quantitative estimate of drug-likeness (QED) is 0.361. The highest BCUT2D eigenvalue weighted by Gasteiger charge is 2.48. The molecule has 6 heteroatoms. The predicted molar refractivity (Wildman–Crippen MR) is 133 cm³/mol. The van der Waals surface area contributed by atoms with Crippen molar-refractivity contribution >= 4 is 11.6 Å². The average Bonchev–Trinajstić information content (AvgIpc) is 2.70. The molecule has 0 aliphatic carbocycles. The number of aryl methyl sites for hydroxylation is 1. The molecule has 1 aromatic rings. The van der Waals surface area contributed by atoms with Gasteiger partial charge in [-0.25, -0.2) is 0 Å². The third kappa shape index (κ3) is 7.28. The van der Waals surface area contributed by atoms with Crippen molar-refractivity contribution in [1.82, 2.24) is 0 Å². The van der Waals surface area contributed by atoms with E-state index in [2.05, 4.69) is 0 Å². The van der Waals surface area contributed by atoms with Crippen LogP contribution in [0.15, 0.2) is 35.4 Å². The van der Waals surface area contributed by atoms with Crippen LogP contribution in [0.3, 0.4) is 0 Å². The monoisotopic (exact) mass is 472 g/mol. The smallest absolute Gasteiger partial charge is 0.167 e. The normalized spacial score (nSPS) is 23.2. The molecule has 1 fully saturated rings. The third-order valence-corrected chi connectivity index (χ3v) is 6.56. The van der Waals surface area contributed by atoms with E-state index in [1.54, 1.807) is 46.1 Å². The molecular weight excluding hydrogens is 432 g/mol. The molecule has 1 saturated heterocycles. The highest BCUT2D eigenvalue weighted by Crippen LogP contribution is 2.36. The molecule has 2 atom stereocenters. The number of hydrogen-bond donors (Lipinski definition) is 2. The number of benzene rings is 1. The Morgan fingerprint density at radius 1 is 1.24 bits per heavy atom. The number of methoxy groups -OCH3 is 1. The van der Waals surface area contributed by atoms with Gasteiger partial charge in [0, 0.05) is 18.4 Å². The van der Waals surface area contributed by atoms with Gasteiger partial charge in [-0.05, 0) is 91.0 Å². The zero-order valence-corrected chi connectivity index (χ0v) is 21.7. The maximum atomic E-state index is 12.5. The van der Waals surface area contributed by atoms with E-state index in [1.165, 1.54) is 0 Å². The van der Waals surface area contributed by atoms with Gasteiger partial charge in [0.05, 0.1) is 18.8 Å². The largest absolute Gasteiger partial charge is 0.508 e. The Bertz CT molecular complexity index is 971. The molecule has 188 valence electrons. The fraction of sp³-hybridized carbons (Fsp3) is 0.571. The zero-order valence-electron chi connectivity index (χ0n) is 21.7. The lowest BCUT2D eigenvalue weighted by Gasteiger charge is -2.45. The summed E-state index contributed by atoms with van der Waals surface area (Å²) in [7, 11) is 1.61. The molecule has 0 aromatic heterocycles. The van der Waals surface area contributed by atoms with Crippen molar-refractivity contribution < 1.29 is 29.3 Å². The lowest BCUT2D eigenvalue weighted by atomic mass is 9.81. The molecule has 0 radical (unpaired) electrons. The Morgan fingerprint density at radius 2 is 1.91 bits per heavy atom. The summed E-state index contributed by atoms with van der Waals surface area (Å²) in [6, 6.07) is 3.35. The van der Waals surface area contributed by atoms with Crippen LogP contribution in [0.1, 0.15) is 77.8 Å². The minimum Gasteiger partial charge on any atom is -0.508 e. The summed E-state index contributed by atoms with van der Waals surface area (Å²) >= 11 is 0. The Kier molecular flexibility index (Phi) is 9.26. The van der Waals surface area contributed by atoms with E-state index in [1.807, 2.05) is 26.8 Å². The summed E-state index contributed by atoms with van der Waals surface area (Å²) in [5.41, 5.74) is 2.00. The van der Waals surface area contributed by atoms with Crippen LogP contribution in [0.2, 0.25) is 0 Å². The fourth-order valence-electron chi connectivity index (χ4n) is 4.54. The number of aliphatic hydroxyl groups is 1. The third-order valence-electron chi connectivity index (χ3n) is 6.56. The van der Waals surface area contributed by atoms with Gasteiger partial charge < -0.3 is 19.7 Å². The lowest BCUT2D eigenvalue weighted by molar-refractivity contribution is -0.211. The molecule has 0 spiro atoms. The molecule has 6 nitrogen and oxygen atoms in total. The molecule has 0 saturated carbocycles. The van der Waals surface area contributed by atoms with Gasteiger partial charge in [0.15, 0.2) is 11.6 Å². The van der Waals surface area contributed by atoms with E-state index in [0.29, 0.717) is 25.7 Å². The second-order valence-electron chi connectivity index (χ2n) is 10.3. The standard InChI is InChI=1S/C28H40O6/c1-18(9-8-12-28(6)25(32)17-24(31)27(4,5)34-28)13-22(29)14-19(2)10-11-21-16-23(30)15-20(3)26(21)33-7/h10,13,15-16,24,30-31H,8-9,11-12,14,17H2,1-7H3/t24-,28-/m1/s1. The van der Waals surface area contributed by atoms with Crippen molar-refractivity contribution in [2.45, 2.75) is 97.4 Å². The first kappa shape index (κ1) is 27.8. The summed E-state index contributed by atoms with van der Waals surface area (Å²) in [4.78, 5) is 25.0. The van der Waals surface area contributed by atoms with Gasteiger partial charge in [0.25, 0.3) is 0 Å². The maximum absolute atomic E-state index is 12.5. The summed E-state index contributed by atoms with van der Waals surface area (Å²) in [5, 5.41) is 19.9. The molecule has 1 aromatic carbocycles. The van der Waals surface area contributed by atoms with Gasteiger partial charge in [-0.15, -0.1) is 0 Å². The van der Waals surface area contributed by atoms with Crippen molar-refractivity contribution in [2.75, 3.05) is 7.11 Å². The first-order chi connectivity index (χ1) is 15.8. The second kappa shape index (κ2) is 11.3. The number of hydrogen-bond acceptors (Lipinski definition) is 6. The van der Waals surface area contributed by atoms with E-state index in [-0.39, 0.29) is 23.7 Å². The number of phenols is 1. The highest BCUT2D eigenvalue weighted by atomic mass is 16.5. The number of Topliss-reactive ketones (excluding diaryl/α,β-unsaturated/α-hetero) is 1. The molecule has 2 rings (SSSR count). The Labute approximate surface area is 203 Å². The summed E-state index contributed by atoms with van der Waals surface area (Å²) in [6.45, 7) is 11.1. The van der Waals surface area contributed by atoms with Crippen LogP contribution in [0.5, 0.6) is 11.5 Å². The van der Waals surface area contributed by atoms with E-state index in [4.69, 9.17) is 9.47 Å². The molecule has 1 heterocycles. The highest BCUT2D eigenvalue weighted by molar-refractivity contribution is 5.92. The van der Waals surface area contributed by atoms with Crippen LogP contribution < -0.4 is 4.74 Å². The molecule has 2 N–H and O–H groups in total. The van der Waals surface area contributed by atoms with E-state index in [9.17, 15) is 19.8 Å². The first-order valence-electron chi connectivity index (χ1n) is 11.9. The average molecular weight is 473 g/mol. The topological polar surface area (TPSA) is 93.1 Å². The number of carbonyl (C=O) groups is 2. The summed E-state index contributed by atoms with van der Waals surface area (Å²) in [5.74, 6) is 0.904. The molecule has 1 aliphatic rings. The summed E-state index contributed by atoms with van der Waals surface area (Å²) < 4.78 is 11.4. The van der Waals surface area contributed by atoms with Crippen LogP contribution in [-0.4, -0.2) is 46.2 Å². The second-order valence-corrected chi connectivity index (χ2v) is 10.3. The Morgan fingerprint density at radius 3 is 2.56 bits per heavy atom. The molecule has 0 unspecified atom stereocenters. The number of aliphatic hydroxyl groups excluding tert-OH is 1. The van der Waals surface area contributed by atoms with Crippen LogP contribution in [0.25, 0.3) is 0 Å². The molecule has 34 heavy (non-hydrogen) atoms. The zero-order chi connectivity index (χ0) is 25.7. The SMILES string of the molecule is COc1c(C)cc(O)cc1CC=C(C)CC(=O)C=C(C)CCC[C@@]1(C)OC(C)(C)[C@H](O)CC1=O. The Balaban J connectivity index is 1.89. The van der Waals surface area contributed by atoms with Gasteiger partial charge in [-0.3, -0.25) is 9.59 Å². The van der Waals surface area contributed by atoms with Gasteiger partial charge in [-0.2, -0.15) is 0 Å². The number of phenolic OH excluding ortho intramolecular Hbond substituents is 1. The summed E-state index contributed by atoms with van der Waals surface area (Å²) in [6.07, 6.45) is 5.83. The number of ether oxygens (including phenoxy) is 2. The first-order valence-corrected chi connectivity index (χ1v) is 11.9. The molecule has 0 bridgehead atoms. The van der Waals surface area contributed by atoms with Crippen molar-refractivity contribution in [1.29, 1.82) is 0 Å². The van der Waals surface area contributed by atoms with Crippen molar-refractivity contribution in [2.24, 2.45) is 0 Å². The van der Waals surface area contributed by atoms with Crippen LogP contribution in [0, 0.1) is 6.92 Å². The van der Waals surface area contributed by atoms with Crippen molar-refractivity contribution in [3.63, 3.8) is 0 Å². The van der Waals surface area contributed by atoms with E-state index >= 15 is 0 Å². The van der Waals surface area contributed by atoms with Gasteiger partial charge in [-0.1, -0.05) is 17.2 Å². The number of ketones is 2. The molecule has 0 amide bonds. The van der Waals surface area contributed by atoms with Crippen LogP contribution in [-0.2, 0) is 20.7 Å². The number of rotatable bonds is 10. The number of allylic oxidation sites excluding steroid dienone is 4. The van der Waals surface area contributed by atoms with Crippen LogP contribution in [0.4, 0.5) is 0 Å². The lowest BCUT2D eigenvalue weighted by Crippen LogP contribution is -2.57. The van der Waals surface area contributed by atoms with Gasteiger partial charge in [0.1, 0.15) is 17.1 Å². The molecular formula is C28H40O6. The maximum Gasteiger partial charge on any atom is 0.167 e. The Hall–Kier alpha value is -2.44.